The Morgan fingerprint density at radius 1 is 1.21 bits per heavy atom. The van der Waals surface area contributed by atoms with Crippen LogP contribution in [0.2, 0.25) is 0 Å². The number of benzene rings is 1. The first kappa shape index (κ1) is 15.7. The van der Waals surface area contributed by atoms with Crippen molar-refractivity contribution in [1.82, 2.24) is 4.31 Å². The van der Waals surface area contributed by atoms with Crippen molar-refractivity contribution in [2.75, 3.05) is 43.9 Å². The van der Waals surface area contributed by atoms with Gasteiger partial charge in [0.2, 0.25) is 0 Å². The van der Waals surface area contributed by atoms with Gasteiger partial charge in [0, 0.05) is 27.7 Å². The molecule has 1 rings (SSSR count). The van der Waals surface area contributed by atoms with Crippen molar-refractivity contribution >= 4 is 21.6 Å². The van der Waals surface area contributed by atoms with E-state index in [0.717, 1.165) is 5.69 Å². The zero-order valence-electron chi connectivity index (χ0n) is 11.6. The first-order chi connectivity index (χ1) is 8.88. The molecule has 0 atom stereocenters. The first-order valence-electron chi connectivity index (χ1n) is 6.09. The molecule has 0 spiro atoms. The van der Waals surface area contributed by atoms with Crippen LogP contribution in [0.4, 0.5) is 11.4 Å². The fourth-order valence-electron chi connectivity index (χ4n) is 1.60. The SMILES string of the molecule is CN(C)c1ccccc1NS(=O)(=O)N(C)CCCN. The van der Waals surface area contributed by atoms with Crippen LogP contribution in [-0.4, -0.2) is 47.0 Å². The molecule has 0 saturated heterocycles. The van der Waals surface area contributed by atoms with E-state index in [1.807, 2.05) is 31.1 Å². The maximum Gasteiger partial charge on any atom is 0.301 e. The van der Waals surface area contributed by atoms with Gasteiger partial charge in [-0.1, -0.05) is 12.1 Å². The summed E-state index contributed by atoms with van der Waals surface area (Å²) in [5.74, 6) is 0. The molecule has 0 unspecified atom stereocenters. The minimum Gasteiger partial charge on any atom is -0.376 e. The zero-order chi connectivity index (χ0) is 14.5. The van der Waals surface area contributed by atoms with Gasteiger partial charge in [-0.3, -0.25) is 4.72 Å². The van der Waals surface area contributed by atoms with Crippen molar-refractivity contribution in [2.45, 2.75) is 6.42 Å². The second-order valence-corrected chi connectivity index (χ2v) is 6.26. The van der Waals surface area contributed by atoms with Crippen molar-refractivity contribution in [1.29, 1.82) is 0 Å². The lowest BCUT2D eigenvalue weighted by Crippen LogP contribution is -2.34. The Labute approximate surface area is 115 Å². The van der Waals surface area contributed by atoms with Gasteiger partial charge in [-0.2, -0.15) is 12.7 Å². The Morgan fingerprint density at radius 3 is 2.42 bits per heavy atom. The number of nitrogens with zero attached hydrogens (tertiary/aromatic N) is 2. The third-order valence-electron chi connectivity index (χ3n) is 2.71. The van der Waals surface area contributed by atoms with Gasteiger partial charge >= 0.3 is 10.2 Å². The Morgan fingerprint density at radius 2 is 1.84 bits per heavy atom. The summed E-state index contributed by atoms with van der Waals surface area (Å²) >= 11 is 0. The van der Waals surface area contributed by atoms with E-state index in [1.54, 1.807) is 12.1 Å². The molecule has 6 nitrogen and oxygen atoms in total. The lowest BCUT2D eigenvalue weighted by atomic mass is 10.2. The molecular formula is C12H22N4O2S. The predicted octanol–water partition coefficient (Wildman–Crippen LogP) is 0.690. The minimum absolute atomic E-state index is 0.399. The number of rotatable bonds is 7. The summed E-state index contributed by atoms with van der Waals surface area (Å²) in [5, 5.41) is 0. The summed E-state index contributed by atoms with van der Waals surface area (Å²) in [6, 6.07) is 7.26. The van der Waals surface area contributed by atoms with Crippen molar-refractivity contribution in [3.8, 4) is 0 Å². The van der Waals surface area contributed by atoms with Crippen molar-refractivity contribution < 1.29 is 8.42 Å². The lowest BCUT2D eigenvalue weighted by molar-refractivity contribution is 0.468. The summed E-state index contributed by atoms with van der Waals surface area (Å²) in [7, 11) is 1.73. The molecule has 108 valence electrons. The van der Waals surface area contributed by atoms with Gasteiger partial charge in [0.15, 0.2) is 0 Å². The van der Waals surface area contributed by atoms with Crippen LogP contribution >= 0.6 is 0 Å². The van der Waals surface area contributed by atoms with Gasteiger partial charge < -0.3 is 10.6 Å². The summed E-state index contributed by atoms with van der Waals surface area (Å²) in [6.07, 6.45) is 0.632. The van der Waals surface area contributed by atoms with Gasteiger partial charge in [0.1, 0.15) is 0 Å². The Balaban J connectivity index is 2.89. The van der Waals surface area contributed by atoms with Gasteiger partial charge in [0.25, 0.3) is 0 Å². The number of hydrogen-bond donors (Lipinski definition) is 2. The molecule has 19 heavy (non-hydrogen) atoms. The maximum atomic E-state index is 12.1. The molecular weight excluding hydrogens is 264 g/mol. The van der Waals surface area contributed by atoms with Crippen LogP contribution in [0.3, 0.4) is 0 Å². The quantitative estimate of drug-likeness (QED) is 0.773. The smallest absolute Gasteiger partial charge is 0.301 e. The van der Waals surface area contributed by atoms with Crippen LogP contribution in [-0.2, 0) is 10.2 Å². The van der Waals surface area contributed by atoms with Crippen LogP contribution in [0.15, 0.2) is 24.3 Å². The van der Waals surface area contributed by atoms with E-state index in [-0.39, 0.29) is 0 Å². The normalized spacial score (nSPS) is 11.6. The summed E-state index contributed by atoms with van der Waals surface area (Å²) in [6.45, 7) is 0.865. The molecule has 0 fully saturated rings. The highest BCUT2D eigenvalue weighted by atomic mass is 32.2. The molecule has 0 radical (unpaired) electrons. The molecule has 0 saturated carbocycles. The van der Waals surface area contributed by atoms with Crippen LogP contribution < -0.4 is 15.4 Å². The zero-order valence-corrected chi connectivity index (χ0v) is 12.4. The highest BCUT2D eigenvalue weighted by Crippen LogP contribution is 2.24. The third kappa shape index (κ3) is 4.38. The highest BCUT2D eigenvalue weighted by Gasteiger charge is 2.18. The average Bonchev–Trinajstić information content (AvgIpc) is 2.35. The van der Waals surface area contributed by atoms with Crippen LogP contribution in [0.5, 0.6) is 0 Å². The van der Waals surface area contributed by atoms with E-state index in [4.69, 9.17) is 5.73 Å². The average molecular weight is 286 g/mol. The van der Waals surface area contributed by atoms with E-state index < -0.39 is 10.2 Å². The summed E-state index contributed by atoms with van der Waals surface area (Å²) in [4.78, 5) is 1.86. The van der Waals surface area contributed by atoms with Gasteiger partial charge in [-0.15, -0.1) is 0 Å². The molecule has 0 amide bonds. The van der Waals surface area contributed by atoms with E-state index in [9.17, 15) is 8.42 Å². The van der Waals surface area contributed by atoms with E-state index >= 15 is 0 Å². The highest BCUT2D eigenvalue weighted by molar-refractivity contribution is 7.90. The van der Waals surface area contributed by atoms with E-state index in [0.29, 0.717) is 25.2 Å². The number of hydrogen-bond acceptors (Lipinski definition) is 4. The van der Waals surface area contributed by atoms with E-state index in [2.05, 4.69) is 4.72 Å². The van der Waals surface area contributed by atoms with Gasteiger partial charge in [-0.05, 0) is 25.1 Å². The molecule has 1 aromatic carbocycles. The third-order valence-corrected chi connectivity index (χ3v) is 4.19. The van der Waals surface area contributed by atoms with Crippen molar-refractivity contribution in [3.63, 3.8) is 0 Å². The number of para-hydroxylation sites is 2. The largest absolute Gasteiger partial charge is 0.376 e. The second-order valence-electron chi connectivity index (χ2n) is 4.48. The number of anilines is 2. The second kappa shape index (κ2) is 6.74. The monoisotopic (exact) mass is 286 g/mol. The fourth-order valence-corrected chi connectivity index (χ4v) is 2.58. The van der Waals surface area contributed by atoms with Crippen molar-refractivity contribution in [2.24, 2.45) is 5.73 Å². The maximum absolute atomic E-state index is 12.1. The fraction of sp³-hybridized carbons (Fsp3) is 0.500. The van der Waals surface area contributed by atoms with Crippen LogP contribution in [0.25, 0.3) is 0 Å². The van der Waals surface area contributed by atoms with E-state index in [1.165, 1.54) is 11.4 Å². The Hall–Kier alpha value is -1.31. The molecule has 1 aromatic rings. The number of nitrogens with two attached hydrogens (primary N) is 1. The molecule has 0 aliphatic carbocycles. The minimum atomic E-state index is -3.54. The first-order valence-corrected chi connectivity index (χ1v) is 7.53. The predicted molar refractivity (Wildman–Crippen MR) is 79.6 cm³/mol. The summed E-state index contributed by atoms with van der Waals surface area (Å²) < 4.78 is 28.1. The van der Waals surface area contributed by atoms with Crippen LogP contribution in [0.1, 0.15) is 6.42 Å². The Kier molecular flexibility index (Phi) is 5.59. The molecule has 0 aromatic heterocycles. The number of nitrogens with one attached hydrogen (secondary N) is 1. The summed E-state index contributed by atoms with van der Waals surface area (Å²) in [5.41, 5.74) is 6.77. The molecule has 0 aliphatic rings. The van der Waals surface area contributed by atoms with Gasteiger partial charge in [0.05, 0.1) is 11.4 Å². The molecule has 0 heterocycles. The van der Waals surface area contributed by atoms with Crippen LogP contribution in [0, 0.1) is 0 Å². The molecule has 3 N–H and O–H groups in total. The molecule has 7 heteroatoms. The molecule has 0 bridgehead atoms. The molecule has 0 aliphatic heterocycles. The Bertz CT molecular complexity index is 502. The lowest BCUT2D eigenvalue weighted by Gasteiger charge is -2.22. The standard InChI is InChI=1S/C12H22N4O2S/c1-15(2)12-8-5-4-7-11(12)14-19(17,18)16(3)10-6-9-13/h4-5,7-8,14H,6,9-10,13H2,1-3H3. The topological polar surface area (TPSA) is 78.7 Å². The van der Waals surface area contributed by atoms with Crippen molar-refractivity contribution in [3.05, 3.63) is 24.3 Å². The van der Waals surface area contributed by atoms with Gasteiger partial charge in [-0.25, -0.2) is 0 Å².